The fraction of sp³-hybridized carbons (Fsp3) is 0.833. The van der Waals surface area contributed by atoms with E-state index in [9.17, 15) is 4.79 Å². The molecule has 0 aliphatic heterocycles. The van der Waals surface area contributed by atoms with E-state index in [4.69, 9.17) is 18.0 Å². The van der Waals surface area contributed by atoms with Crippen LogP contribution in [0.5, 0.6) is 0 Å². The molecule has 0 spiro atoms. The van der Waals surface area contributed by atoms with E-state index in [1.54, 1.807) is 13.8 Å². The van der Waals surface area contributed by atoms with Crippen LogP contribution in [0.2, 0.25) is 0 Å². The van der Waals surface area contributed by atoms with Crippen molar-refractivity contribution < 1.29 is 4.79 Å². The summed E-state index contributed by atoms with van der Waals surface area (Å²) in [7, 11) is 0. The molecule has 1 amide bonds. The van der Waals surface area contributed by atoms with Crippen LogP contribution in [0.3, 0.4) is 0 Å². The first-order valence-electron chi connectivity index (χ1n) is 5.88. The van der Waals surface area contributed by atoms with Gasteiger partial charge < -0.3 is 11.1 Å². The molecule has 0 aliphatic carbocycles. The molecular weight excluding hydrogens is 220 g/mol. The summed E-state index contributed by atoms with van der Waals surface area (Å²) in [5.74, 6) is 0.422. The smallest absolute Gasteiger partial charge is 0.232 e. The van der Waals surface area contributed by atoms with Crippen LogP contribution in [0.15, 0.2) is 0 Å². The second-order valence-electron chi connectivity index (χ2n) is 4.83. The molecule has 0 aromatic rings. The lowest BCUT2D eigenvalue weighted by Gasteiger charge is -2.28. The molecule has 0 saturated heterocycles. The first-order chi connectivity index (χ1) is 7.27. The zero-order valence-electron chi connectivity index (χ0n) is 11.0. The van der Waals surface area contributed by atoms with E-state index in [1.165, 1.54) is 0 Å². The number of nitrogens with one attached hydrogen (secondary N) is 1. The Morgan fingerprint density at radius 2 is 1.81 bits per heavy atom. The first kappa shape index (κ1) is 15.4. The molecule has 0 radical (unpaired) electrons. The molecule has 94 valence electrons. The summed E-state index contributed by atoms with van der Waals surface area (Å²) >= 11 is 4.90. The van der Waals surface area contributed by atoms with Crippen LogP contribution in [0.4, 0.5) is 0 Å². The Morgan fingerprint density at radius 1 is 1.38 bits per heavy atom. The summed E-state index contributed by atoms with van der Waals surface area (Å²) in [4.78, 5) is 12.2. The summed E-state index contributed by atoms with van der Waals surface area (Å²) in [5, 5.41) is 3.00. The minimum Gasteiger partial charge on any atom is -0.392 e. The van der Waals surface area contributed by atoms with Gasteiger partial charge in [-0.05, 0) is 26.7 Å². The summed E-state index contributed by atoms with van der Waals surface area (Å²) in [5.41, 5.74) is 4.79. The van der Waals surface area contributed by atoms with Gasteiger partial charge in [0.1, 0.15) is 0 Å². The van der Waals surface area contributed by atoms with Gasteiger partial charge in [-0.15, -0.1) is 0 Å². The fourth-order valence-electron chi connectivity index (χ4n) is 1.61. The van der Waals surface area contributed by atoms with Crippen LogP contribution < -0.4 is 11.1 Å². The highest BCUT2D eigenvalue weighted by Gasteiger charge is 2.32. The van der Waals surface area contributed by atoms with Gasteiger partial charge in [-0.1, -0.05) is 38.9 Å². The van der Waals surface area contributed by atoms with Gasteiger partial charge in [0, 0.05) is 6.04 Å². The van der Waals surface area contributed by atoms with Gasteiger partial charge in [0.15, 0.2) is 0 Å². The molecule has 0 aromatic heterocycles. The molecule has 3 nitrogen and oxygen atoms in total. The fourth-order valence-corrected chi connectivity index (χ4v) is 1.71. The Bertz CT molecular complexity index is 260. The second kappa shape index (κ2) is 6.18. The third-order valence-electron chi connectivity index (χ3n) is 3.30. The van der Waals surface area contributed by atoms with E-state index in [2.05, 4.69) is 19.2 Å². The number of carbonyl (C=O) groups is 1. The van der Waals surface area contributed by atoms with E-state index in [-0.39, 0.29) is 16.9 Å². The topological polar surface area (TPSA) is 55.1 Å². The van der Waals surface area contributed by atoms with E-state index >= 15 is 0 Å². The van der Waals surface area contributed by atoms with Crippen LogP contribution in [0.25, 0.3) is 0 Å². The molecule has 4 heteroatoms. The van der Waals surface area contributed by atoms with Crippen molar-refractivity contribution in [2.24, 2.45) is 17.1 Å². The summed E-state index contributed by atoms with van der Waals surface area (Å²) < 4.78 is 0. The van der Waals surface area contributed by atoms with Crippen LogP contribution in [-0.2, 0) is 4.79 Å². The summed E-state index contributed by atoms with van der Waals surface area (Å²) in [6.07, 6.45) is 2.12. The molecule has 16 heavy (non-hydrogen) atoms. The zero-order valence-corrected chi connectivity index (χ0v) is 11.8. The van der Waals surface area contributed by atoms with Crippen molar-refractivity contribution in [3.63, 3.8) is 0 Å². The summed E-state index contributed by atoms with van der Waals surface area (Å²) in [6, 6.07) is 0.163. The van der Waals surface area contributed by atoms with Crippen LogP contribution >= 0.6 is 12.2 Å². The number of nitrogens with two attached hydrogens (primary N) is 1. The molecule has 0 saturated carbocycles. The number of carbonyl (C=O) groups excluding carboxylic acids is 1. The molecule has 0 aromatic carbocycles. The largest absolute Gasteiger partial charge is 0.392 e. The van der Waals surface area contributed by atoms with Crippen LogP contribution in [0, 0.1) is 11.3 Å². The van der Waals surface area contributed by atoms with Gasteiger partial charge in [0.05, 0.1) is 10.4 Å². The Morgan fingerprint density at radius 3 is 2.12 bits per heavy atom. The SMILES string of the molecule is CCC(CC)C(C)NC(=O)C(C)(C)C(N)=S. The van der Waals surface area contributed by atoms with Crippen molar-refractivity contribution in [1.82, 2.24) is 5.32 Å². The van der Waals surface area contributed by atoms with Crippen LogP contribution in [0.1, 0.15) is 47.5 Å². The van der Waals surface area contributed by atoms with Crippen LogP contribution in [-0.4, -0.2) is 16.9 Å². The van der Waals surface area contributed by atoms with Crippen molar-refractivity contribution in [3.8, 4) is 0 Å². The number of hydrogen-bond acceptors (Lipinski definition) is 2. The lowest BCUT2D eigenvalue weighted by Crippen LogP contribution is -2.49. The molecule has 0 bridgehead atoms. The highest BCUT2D eigenvalue weighted by atomic mass is 32.1. The molecule has 0 rings (SSSR count). The van der Waals surface area contributed by atoms with E-state index < -0.39 is 5.41 Å². The molecule has 0 aliphatic rings. The predicted octanol–water partition coefficient (Wildman–Crippen LogP) is 2.24. The quantitative estimate of drug-likeness (QED) is 0.705. The Kier molecular flexibility index (Phi) is 5.94. The monoisotopic (exact) mass is 244 g/mol. The van der Waals surface area contributed by atoms with Crippen molar-refractivity contribution in [2.45, 2.75) is 53.5 Å². The Hall–Kier alpha value is -0.640. The van der Waals surface area contributed by atoms with Gasteiger partial charge in [0.2, 0.25) is 5.91 Å². The number of amides is 1. The van der Waals surface area contributed by atoms with Gasteiger partial charge in [-0.2, -0.15) is 0 Å². The average Bonchev–Trinajstić information content (AvgIpc) is 2.18. The van der Waals surface area contributed by atoms with Gasteiger partial charge in [-0.25, -0.2) is 0 Å². The number of thiocarbonyl (C=S) groups is 1. The van der Waals surface area contributed by atoms with E-state index in [0.29, 0.717) is 5.92 Å². The molecular formula is C12H24N2OS. The summed E-state index contributed by atoms with van der Waals surface area (Å²) in [6.45, 7) is 9.81. The van der Waals surface area contributed by atoms with Crippen molar-refractivity contribution in [2.75, 3.05) is 0 Å². The van der Waals surface area contributed by atoms with Crippen molar-refractivity contribution in [3.05, 3.63) is 0 Å². The minimum absolute atomic E-state index is 0.0839. The third-order valence-corrected chi connectivity index (χ3v) is 3.81. The van der Waals surface area contributed by atoms with Crippen molar-refractivity contribution >= 4 is 23.1 Å². The maximum absolute atomic E-state index is 12.0. The Balaban J connectivity index is 4.51. The average molecular weight is 244 g/mol. The lowest BCUT2D eigenvalue weighted by molar-refractivity contribution is -0.127. The maximum atomic E-state index is 12.0. The normalized spacial score (nSPS) is 13.6. The highest BCUT2D eigenvalue weighted by molar-refractivity contribution is 7.80. The standard InChI is InChI=1S/C12H24N2OS/c1-6-9(7-2)8(3)14-11(15)12(4,5)10(13)16/h8-9H,6-7H2,1-5H3,(H2,13,16)(H,14,15). The molecule has 0 heterocycles. The molecule has 1 atom stereocenters. The van der Waals surface area contributed by atoms with Gasteiger partial charge >= 0.3 is 0 Å². The maximum Gasteiger partial charge on any atom is 0.232 e. The first-order valence-corrected chi connectivity index (χ1v) is 6.29. The van der Waals surface area contributed by atoms with E-state index in [0.717, 1.165) is 12.8 Å². The highest BCUT2D eigenvalue weighted by Crippen LogP contribution is 2.18. The lowest BCUT2D eigenvalue weighted by atomic mass is 9.90. The molecule has 1 unspecified atom stereocenters. The van der Waals surface area contributed by atoms with Gasteiger partial charge in [0.25, 0.3) is 0 Å². The second-order valence-corrected chi connectivity index (χ2v) is 5.27. The zero-order chi connectivity index (χ0) is 12.9. The predicted molar refractivity (Wildman–Crippen MR) is 72.2 cm³/mol. The third kappa shape index (κ3) is 3.74. The minimum atomic E-state index is -0.768. The molecule has 3 N–H and O–H groups in total. The molecule has 0 fully saturated rings. The van der Waals surface area contributed by atoms with E-state index in [1.807, 2.05) is 6.92 Å². The number of hydrogen-bond donors (Lipinski definition) is 2. The van der Waals surface area contributed by atoms with Gasteiger partial charge in [-0.3, -0.25) is 4.79 Å². The van der Waals surface area contributed by atoms with Crippen molar-refractivity contribution in [1.29, 1.82) is 0 Å². The number of rotatable bonds is 6. The Labute approximate surface area is 104 Å².